The van der Waals surface area contributed by atoms with Crippen molar-refractivity contribution in [1.82, 2.24) is 15.2 Å². The molecule has 0 amide bonds. The molecule has 0 fully saturated rings. The van der Waals surface area contributed by atoms with Crippen molar-refractivity contribution in [3.8, 4) is 0 Å². The summed E-state index contributed by atoms with van der Waals surface area (Å²) < 4.78 is 0. The highest BCUT2D eigenvalue weighted by Crippen LogP contribution is 2.14. The van der Waals surface area contributed by atoms with E-state index in [1.807, 2.05) is 18.4 Å². The van der Waals surface area contributed by atoms with Crippen molar-refractivity contribution in [3.63, 3.8) is 0 Å². The van der Waals surface area contributed by atoms with Crippen molar-refractivity contribution in [2.75, 3.05) is 6.26 Å². The highest BCUT2D eigenvalue weighted by Gasteiger charge is 2.00. The fourth-order valence-corrected chi connectivity index (χ4v) is 1.45. The molecule has 0 saturated heterocycles. The number of nitrogens with zero attached hydrogens (tertiary/aromatic N) is 2. The highest BCUT2D eigenvalue weighted by atomic mass is 32.2. The quantitative estimate of drug-likeness (QED) is 0.687. The topological polar surface area (TPSA) is 58.6 Å². The molecule has 5 heteroatoms. The normalized spacial score (nSPS) is 10.5. The van der Waals surface area contributed by atoms with Gasteiger partial charge >= 0.3 is 0 Å². The third-order valence-corrected chi connectivity index (χ3v) is 2.34. The molecule has 2 aromatic heterocycles. The molecule has 0 aliphatic carbocycles. The third kappa shape index (κ3) is 1.42. The van der Waals surface area contributed by atoms with Crippen molar-refractivity contribution in [3.05, 3.63) is 28.7 Å². The summed E-state index contributed by atoms with van der Waals surface area (Å²) in [6.45, 7) is 0. The predicted molar refractivity (Wildman–Crippen MR) is 51.9 cm³/mol. The molecular weight excluding hydrogens is 186 g/mol. The van der Waals surface area contributed by atoms with Gasteiger partial charge in [-0.05, 0) is 18.4 Å². The van der Waals surface area contributed by atoms with Gasteiger partial charge in [0, 0.05) is 5.39 Å². The SMILES string of the molecule is CSc1ccc2cn[nH]c(=O)c2n1. The second-order valence-electron chi connectivity index (χ2n) is 2.49. The Morgan fingerprint density at radius 2 is 2.31 bits per heavy atom. The van der Waals surface area contributed by atoms with Crippen LogP contribution in [0.25, 0.3) is 10.9 Å². The molecule has 4 nitrogen and oxygen atoms in total. The van der Waals surface area contributed by atoms with Crippen LogP contribution in [-0.4, -0.2) is 21.4 Å². The lowest BCUT2D eigenvalue weighted by Gasteiger charge is -1.97. The molecule has 0 bridgehead atoms. The molecule has 0 aromatic carbocycles. The van der Waals surface area contributed by atoms with E-state index in [1.54, 1.807) is 6.20 Å². The monoisotopic (exact) mass is 193 g/mol. The molecule has 1 N–H and O–H groups in total. The van der Waals surface area contributed by atoms with E-state index in [0.717, 1.165) is 10.4 Å². The van der Waals surface area contributed by atoms with Gasteiger partial charge in [0.05, 0.1) is 11.2 Å². The molecule has 0 aliphatic rings. The maximum absolute atomic E-state index is 11.3. The first-order chi connectivity index (χ1) is 6.31. The van der Waals surface area contributed by atoms with Crippen LogP contribution in [0.2, 0.25) is 0 Å². The maximum atomic E-state index is 11.3. The Morgan fingerprint density at radius 1 is 1.46 bits per heavy atom. The summed E-state index contributed by atoms with van der Waals surface area (Å²) in [5.74, 6) is 0. The average molecular weight is 193 g/mol. The van der Waals surface area contributed by atoms with E-state index in [4.69, 9.17) is 0 Å². The highest BCUT2D eigenvalue weighted by molar-refractivity contribution is 7.98. The number of fused-ring (bicyclic) bond motifs is 1. The number of rotatable bonds is 1. The lowest BCUT2D eigenvalue weighted by atomic mass is 10.3. The van der Waals surface area contributed by atoms with Crippen LogP contribution in [0.15, 0.2) is 28.2 Å². The van der Waals surface area contributed by atoms with Crippen LogP contribution in [-0.2, 0) is 0 Å². The van der Waals surface area contributed by atoms with Crippen molar-refractivity contribution in [1.29, 1.82) is 0 Å². The van der Waals surface area contributed by atoms with Crippen molar-refractivity contribution >= 4 is 22.7 Å². The van der Waals surface area contributed by atoms with Crippen molar-refractivity contribution in [2.45, 2.75) is 5.03 Å². The summed E-state index contributed by atoms with van der Waals surface area (Å²) in [5.41, 5.74) is 0.204. The van der Waals surface area contributed by atoms with E-state index in [2.05, 4.69) is 15.2 Å². The number of pyridine rings is 1. The first kappa shape index (κ1) is 8.25. The second-order valence-corrected chi connectivity index (χ2v) is 3.32. The maximum Gasteiger partial charge on any atom is 0.290 e. The zero-order valence-corrected chi connectivity index (χ0v) is 7.76. The largest absolute Gasteiger partial charge is 0.290 e. The van der Waals surface area contributed by atoms with E-state index >= 15 is 0 Å². The standard InChI is InChI=1S/C8H7N3OS/c1-13-6-3-2-5-4-9-11-8(12)7(5)10-6/h2-4H,1H3,(H,11,12). The lowest BCUT2D eigenvalue weighted by Crippen LogP contribution is -2.09. The van der Waals surface area contributed by atoms with E-state index in [9.17, 15) is 4.79 Å². The molecule has 66 valence electrons. The van der Waals surface area contributed by atoms with E-state index < -0.39 is 0 Å². The summed E-state index contributed by atoms with van der Waals surface area (Å²) in [6.07, 6.45) is 3.51. The van der Waals surface area contributed by atoms with Crippen LogP contribution in [0, 0.1) is 0 Å². The van der Waals surface area contributed by atoms with Gasteiger partial charge in [0.15, 0.2) is 0 Å². The molecule has 2 aromatic rings. The number of thioether (sulfide) groups is 1. The molecular formula is C8H7N3OS. The molecule has 0 radical (unpaired) electrons. The minimum absolute atomic E-state index is 0.242. The minimum Gasteiger partial charge on any atom is -0.266 e. The number of aromatic nitrogens is 3. The minimum atomic E-state index is -0.242. The summed E-state index contributed by atoms with van der Waals surface area (Å²) in [4.78, 5) is 15.4. The zero-order chi connectivity index (χ0) is 9.26. The fraction of sp³-hybridized carbons (Fsp3) is 0.125. The number of hydrogen-bond acceptors (Lipinski definition) is 4. The van der Waals surface area contributed by atoms with Gasteiger partial charge in [0.1, 0.15) is 5.52 Å². The average Bonchev–Trinajstić information content (AvgIpc) is 2.18. The molecule has 2 rings (SSSR count). The predicted octanol–water partition coefficient (Wildman–Crippen LogP) is 1.04. The Labute approximate surface area is 78.4 Å². The summed E-state index contributed by atoms with van der Waals surface area (Å²) >= 11 is 1.51. The zero-order valence-electron chi connectivity index (χ0n) is 6.94. The van der Waals surface area contributed by atoms with Gasteiger partial charge in [-0.15, -0.1) is 11.8 Å². The molecule has 0 aliphatic heterocycles. The summed E-state index contributed by atoms with van der Waals surface area (Å²) in [7, 11) is 0. The van der Waals surface area contributed by atoms with Crippen LogP contribution in [0.4, 0.5) is 0 Å². The first-order valence-corrected chi connectivity index (χ1v) is 4.92. The van der Waals surface area contributed by atoms with Crippen LogP contribution < -0.4 is 5.56 Å². The van der Waals surface area contributed by atoms with Gasteiger partial charge in [-0.25, -0.2) is 10.1 Å². The first-order valence-electron chi connectivity index (χ1n) is 3.69. The third-order valence-electron chi connectivity index (χ3n) is 1.69. The van der Waals surface area contributed by atoms with Gasteiger partial charge in [0.2, 0.25) is 0 Å². The van der Waals surface area contributed by atoms with Crippen LogP contribution in [0.5, 0.6) is 0 Å². The molecule has 0 saturated carbocycles. The Kier molecular flexibility index (Phi) is 2.02. The number of nitrogens with one attached hydrogen (secondary N) is 1. The molecule has 2 heterocycles. The Balaban J connectivity index is 2.82. The van der Waals surface area contributed by atoms with Crippen LogP contribution in [0.1, 0.15) is 0 Å². The van der Waals surface area contributed by atoms with Gasteiger partial charge < -0.3 is 0 Å². The summed E-state index contributed by atoms with van der Waals surface area (Å²) in [5, 5.41) is 7.63. The van der Waals surface area contributed by atoms with Gasteiger partial charge in [-0.2, -0.15) is 5.10 Å². The Bertz CT molecular complexity index is 494. The van der Waals surface area contributed by atoms with Gasteiger partial charge in [-0.1, -0.05) is 0 Å². The molecule has 0 spiro atoms. The lowest BCUT2D eigenvalue weighted by molar-refractivity contribution is 0.995. The van der Waals surface area contributed by atoms with E-state index in [0.29, 0.717) is 5.52 Å². The van der Waals surface area contributed by atoms with Gasteiger partial charge in [0.25, 0.3) is 5.56 Å². The molecule has 13 heavy (non-hydrogen) atoms. The summed E-state index contributed by atoms with van der Waals surface area (Å²) in [6, 6.07) is 3.71. The number of aromatic amines is 1. The Morgan fingerprint density at radius 3 is 3.08 bits per heavy atom. The van der Waals surface area contributed by atoms with Gasteiger partial charge in [-0.3, -0.25) is 4.79 Å². The fourth-order valence-electron chi connectivity index (χ4n) is 1.07. The second kappa shape index (κ2) is 3.18. The van der Waals surface area contributed by atoms with E-state index in [1.165, 1.54) is 11.8 Å². The number of H-pyrrole nitrogens is 1. The van der Waals surface area contributed by atoms with E-state index in [-0.39, 0.29) is 5.56 Å². The van der Waals surface area contributed by atoms with Crippen molar-refractivity contribution in [2.24, 2.45) is 0 Å². The van der Waals surface area contributed by atoms with Crippen molar-refractivity contribution < 1.29 is 0 Å². The van der Waals surface area contributed by atoms with Crippen LogP contribution >= 0.6 is 11.8 Å². The number of hydrogen-bond donors (Lipinski definition) is 1. The smallest absolute Gasteiger partial charge is 0.266 e. The molecule has 0 atom stereocenters. The Hall–Kier alpha value is -1.36. The van der Waals surface area contributed by atoms with Crippen LogP contribution in [0.3, 0.4) is 0 Å². The molecule has 0 unspecified atom stereocenters.